The third kappa shape index (κ3) is 3.33. The van der Waals surface area contributed by atoms with Crippen LogP contribution < -0.4 is 0 Å². The van der Waals surface area contributed by atoms with Crippen LogP contribution in [0.15, 0.2) is 30.5 Å². The van der Waals surface area contributed by atoms with Gasteiger partial charge in [-0.2, -0.15) is 0 Å². The molecule has 0 bridgehead atoms. The second kappa shape index (κ2) is 7.13. The Morgan fingerprint density at radius 1 is 1.12 bits per heavy atom. The summed E-state index contributed by atoms with van der Waals surface area (Å²) in [5.74, 6) is 0.0379. The first-order valence-corrected chi connectivity index (χ1v) is 8.40. The zero-order valence-electron chi connectivity index (χ0n) is 13.6. The van der Waals surface area contributed by atoms with Crippen molar-refractivity contribution in [3.63, 3.8) is 0 Å². The summed E-state index contributed by atoms with van der Waals surface area (Å²) >= 11 is 6.17. The minimum Gasteiger partial charge on any atom is -0.450 e. The molecule has 2 heterocycles. The van der Waals surface area contributed by atoms with Crippen molar-refractivity contribution >= 4 is 34.5 Å². The van der Waals surface area contributed by atoms with Crippen LogP contribution in [0.25, 0.3) is 10.9 Å². The van der Waals surface area contributed by atoms with Crippen LogP contribution in [-0.2, 0) is 16.1 Å². The lowest BCUT2D eigenvalue weighted by atomic mass is 10.2. The Balaban J connectivity index is 1.62. The summed E-state index contributed by atoms with van der Waals surface area (Å²) in [6, 6.07) is 7.59. The number of piperazine rings is 1. The quantitative estimate of drug-likeness (QED) is 0.855. The Bertz CT molecular complexity index is 751. The molecule has 2 aromatic rings. The van der Waals surface area contributed by atoms with Crippen molar-refractivity contribution in [3.05, 3.63) is 35.5 Å². The molecule has 1 aliphatic heterocycles. The van der Waals surface area contributed by atoms with Crippen LogP contribution in [0, 0.1) is 0 Å². The second-order valence-electron chi connectivity index (χ2n) is 5.68. The number of rotatable bonds is 3. The van der Waals surface area contributed by atoms with Gasteiger partial charge in [-0.1, -0.05) is 17.7 Å². The van der Waals surface area contributed by atoms with Crippen LogP contribution in [-0.4, -0.2) is 59.2 Å². The van der Waals surface area contributed by atoms with Crippen LogP contribution >= 0.6 is 11.6 Å². The van der Waals surface area contributed by atoms with E-state index in [0.29, 0.717) is 37.8 Å². The Morgan fingerprint density at radius 2 is 1.83 bits per heavy atom. The fourth-order valence-electron chi connectivity index (χ4n) is 2.92. The normalized spacial score (nSPS) is 14.9. The molecule has 0 spiro atoms. The predicted octanol–water partition coefficient (Wildman–Crippen LogP) is 2.60. The molecule has 1 aromatic carbocycles. The van der Waals surface area contributed by atoms with Gasteiger partial charge in [-0.25, -0.2) is 4.79 Å². The standard InChI is InChI=1S/C17H20ClN3O3/c1-2-24-17(23)20-10-8-19(9-11-20)16(22)12-21-7-6-13-14(18)4-3-5-15(13)21/h3-7H,2,8-12H2,1H3. The molecule has 1 saturated heterocycles. The van der Waals surface area contributed by atoms with Crippen LogP contribution in [0.4, 0.5) is 4.79 Å². The van der Waals surface area contributed by atoms with Gasteiger partial charge in [0.15, 0.2) is 0 Å². The predicted molar refractivity (Wildman–Crippen MR) is 92.1 cm³/mol. The van der Waals surface area contributed by atoms with Crippen molar-refractivity contribution in [1.82, 2.24) is 14.4 Å². The minimum absolute atomic E-state index is 0.0379. The molecule has 0 unspecified atom stereocenters. The summed E-state index contributed by atoms with van der Waals surface area (Å²) < 4.78 is 6.89. The molecular formula is C17H20ClN3O3. The maximum absolute atomic E-state index is 12.5. The zero-order valence-corrected chi connectivity index (χ0v) is 14.3. The highest BCUT2D eigenvalue weighted by molar-refractivity contribution is 6.35. The number of ether oxygens (including phenoxy) is 1. The average molecular weight is 350 g/mol. The van der Waals surface area contributed by atoms with Gasteiger partial charge in [0.1, 0.15) is 6.54 Å². The fraction of sp³-hybridized carbons (Fsp3) is 0.412. The summed E-state index contributed by atoms with van der Waals surface area (Å²) in [6.45, 7) is 4.47. The molecule has 7 heteroatoms. The number of carbonyl (C=O) groups excluding carboxylic acids is 2. The molecule has 128 valence electrons. The largest absolute Gasteiger partial charge is 0.450 e. The highest BCUT2D eigenvalue weighted by Gasteiger charge is 2.25. The Hall–Kier alpha value is -2.21. The first kappa shape index (κ1) is 16.6. The molecule has 6 nitrogen and oxygen atoms in total. The molecule has 1 aliphatic rings. The summed E-state index contributed by atoms with van der Waals surface area (Å²) in [5, 5.41) is 1.63. The average Bonchev–Trinajstić information content (AvgIpc) is 2.99. The van der Waals surface area contributed by atoms with Crippen LogP contribution in [0.3, 0.4) is 0 Å². The number of nitrogens with zero attached hydrogens (tertiary/aromatic N) is 3. The number of benzene rings is 1. The Labute approximate surface area is 145 Å². The smallest absolute Gasteiger partial charge is 0.409 e. The van der Waals surface area contributed by atoms with E-state index in [0.717, 1.165) is 10.9 Å². The molecule has 0 atom stereocenters. The van der Waals surface area contributed by atoms with Crippen molar-refractivity contribution in [2.75, 3.05) is 32.8 Å². The van der Waals surface area contributed by atoms with E-state index in [1.165, 1.54) is 0 Å². The van der Waals surface area contributed by atoms with E-state index in [1.54, 1.807) is 16.7 Å². The number of hydrogen-bond acceptors (Lipinski definition) is 3. The first-order valence-electron chi connectivity index (χ1n) is 8.03. The lowest BCUT2D eigenvalue weighted by Gasteiger charge is -2.34. The maximum atomic E-state index is 12.5. The van der Waals surface area contributed by atoms with Crippen molar-refractivity contribution in [1.29, 1.82) is 0 Å². The van der Waals surface area contributed by atoms with Gasteiger partial charge in [0.2, 0.25) is 5.91 Å². The topological polar surface area (TPSA) is 54.8 Å². The van der Waals surface area contributed by atoms with E-state index in [-0.39, 0.29) is 18.5 Å². The third-order valence-corrected chi connectivity index (χ3v) is 4.55. The molecule has 24 heavy (non-hydrogen) atoms. The minimum atomic E-state index is -0.310. The van der Waals surface area contributed by atoms with Gasteiger partial charge in [-0.15, -0.1) is 0 Å². The number of aromatic nitrogens is 1. The van der Waals surface area contributed by atoms with E-state index in [9.17, 15) is 9.59 Å². The zero-order chi connectivity index (χ0) is 17.1. The molecule has 0 saturated carbocycles. The maximum Gasteiger partial charge on any atom is 0.409 e. The molecule has 3 rings (SSSR count). The third-order valence-electron chi connectivity index (χ3n) is 4.22. The van der Waals surface area contributed by atoms with Crippen LogP contribution in [0.1, 0.15) is 6.92 Å². The van der Waals surface area contributed by atoms with Gasteiger partial charge < -0.3 is 19.1 Å². The van der Waals surface area contributed by atoms with Crippen LogP contribution in [0.2, 0.25) is 5.02 Å². The number of halogens is 1. The number of carbonyl (C=O) groups is 2. The highest BCUT2D eigenvalue weighted by Crippen LogP contribution is 2.24. The number of hydrogen-bond donors (Lipinski definition) is 0. The van der Waals surface area contributed by atoms with Gasteiger partial charge in [0.25, 0.3) is 0 Å². The lowest BCUT2D eigenvalue weighted by Crippen LogP contribution is -2.51. The van der Waals surface area contributed by atoms with Crippen molar-refractivity contribution < 1.29 is 14.3 Å². The van der Waals surface area contributed by atoms with Gasteiger partial charge >= 0.3 is 6.09 Å². The molecule has 0 radical (unpaired) electrons. The molecular weight excluding hydrogens is 330 g/mol. The van der Waals surface area contributed by atoms with Crippen molar-refractivity contribution in [2.24, 2.45) is 0 Å². The van der Waals surface area contributed by atoms with E-state index in [4.69, 9.17) is 16.3 Å². The van der Waals surface area contributed by atoms with E-state index >= 15 is 0 Å². The highest BCUT2D eigenvalue weighted by atomic mass is 35.5. The molecule has 1 fully saturated rings. The van der Waals surface area contributed by atoms with E-state index < -0.39 is 0 Å². The second-order valence-corrected chi connectivity index (χ2v) is 6.09. The fourth-order valence-corrected chi connectivity index (χ4v) is 3.16. The first-order chi connectivity index (χ1) is 11.6. The van der Waals surface area contributed by atoms with Gasteiger partial charge in [0, 0.05) is 48.3 Å². The Kier molecular flexibility index (Phi) is 4.94. The summed E-state index contributed by atoms with van der Waals surface area (Å²) in [4.78, 5) is 27.6. The van der Waals surface area contributed by atoms with E-state index in [2.05, 4.69) is 0 Å². The van der Waals surface area contributed by atoms with Crippen molar-refractivity contribution in [3.8, 4) is 0 Å². The SMILES string of the molecule is CCOC(=O)N1CCN(C(=O)Cn2ccc3c(Cl)cccc32)CC1. The van der Waals surface area contributed by atoms with E-state index in [1.807, 2.05) is 35.0 Å². The summed E-state index contributed by atoms with van der Waals surface area (Å²) in [5.41, 5.74) is 0.945. The van der Waals surface area contributed by atoms with Gasteiger partial charge in [0.05, 0.1) is 6.61 Å². The molecule has 2 amide bonds. The molecule has 0 N–H and O–H groups in total. The molecule has 1 aromatic heterocycles. The molecule has 0 aliphatic carbocycles. The van der Waals surface area contributed by atoms with Crippen molar-refractivity contribution in [2.45, 2.75) is 13.5 Å². The number of amides is 2. The number of fused-ring (bicyclic) bond motifs is 1. The van der Waals surface area contributed by atoms with Gasteiger partial charge in [-0.05, 0) is 25.1 Å². The summed E-state index contributed by atoms with van der Waals surface area (Å²) in [7, 11) is 0. The van der Waals surface area contributed by atoms with Crippen LogP contribution in [0.5, 0.6) is 0 Å². The summed E-state index contributed by atoms with van der Waals surface area (Å²) in [6.07, 6.45) is 1.57. The monoisotopic (exact) mass is 349 g/mol. The lowest BCUT2D eigenvalue weighted by molar-refractivity contribution is -0.133. The van der Waals surface area contributed by atoms with Gasteiger partial charge in [-0.3, -0.25) is 4.79 Å². The Morgan fingerprint density at radius 3 is 2.54 bits per heavy atom.